The molecule has 4 amide bonds. The molecule has 10 N–H and O–H groups in total. The van der Waals surface area contributed by atoms with Crippen LogP contribution in [0.5, 0.6) is 0 Å². The van der Waals surface area contributed by atoms with Crippen molar-refractivity contribution in [1.82, 2.24) is 21.7 Å². The Morgan fingerprint density at radius 1 is 0.778 bits per heavy atom. The molecule has 10 heteroatoms. The number of hydrazine groups is 4. The van der Waals surface area contributed by atoms with Gasteiger partial charge in [0.15, 0.2) is 0 Å². The number of urea groups is 2. The second kappa shape index (κ2) is 6.78. The van der Waals surface area contributed by atoms with Crippen LogP contribution in [0.4, 0.5) is 21.0 Å². The van der Waals surface area contributed by atoms with E-state index in [-0.39, 0.29) is 0 Å². The van der Waals surface area contributed by atoms with E-state index < -0.39 is 12.1 Å². The fourth-order valence-corrected chi connectivity index (χ4v) is 0.967. The lowest BCUT2D eigenvalue weighted by Gasteiger charge is -2.10. The molecule has 1 aromatic carbocycles. The molecule has 0 saturated heterocycles. The highest BCUT2D eigenvalue weighted by atomic mass is 16.2. The van der Waals surface area contributed by atoms with Crippen molar-refractivity contribution in [2.24, 2.45) is 11.7 Å². The first-order chi connectivity index (χ1) is 8.65. The molecule has 0 aliphatic carbocycles. The average molecular weight is 254 g/mol. The van der Waals surface area contributed by atoms with Gasteiger partial charge in [-0.05, 0) is 24.3 Å². The summed E-state index contributed by atoms with van der Waals surface area (Å²) >= 11 is 0. The van der Waals surface area contributed by atoms with Crippen LogP contribution in [0.2, 0.25) is 0 Å². The molecule has 0 aliphatic rings. The van der Waals surface area contributed by atoms with Gasteiger partial charge in [-0.1, -0.05) is 0 Å². The molecule has 18 heavy (non-hydrogen) atoms. The molecular formula is C8H14N8O2. The van der Waals surface area contributed by atoms with E-state index in [2.05, 4.69) is 21.7 Å². The largest absolute Gasteiger partial charge is 0.347 e. The number of nitrogens with two attached hydrogens (primary N) is 2. The van der Waals surface area contributed by atoms with Crippen LogP contribution in [0, 0.1) is 0 Å². The predicted molar refractivity (Wildman–Crippen MR) is 65.4 cm³/mol. The Bertz CT molecular complexity index is 367. The number of carbonyl (C=O) groups excluding carboxylic acids is 2. The smallest absolute Gasteiger partial charge is 0.297 e. The quantitative estimate of drug-likeness (QED) is 0.189. The SMILES string of the molecule is NNC(=O)NNc1ccc(NNC(=O)NN)cc1. The molecule has 0 atom stereocenters. The Balaban J connectivity index is 2.42. The number of anilines is 2. The standard InChI is InChI=1S/C8H14N8O2/c9-11-7(17)15-13-5-1-2-6(4-3-5)14-16-8(18)12-10/h1-4,13-14H,9-10H2,(H2,11,15,17)(H2,12,16,18). The Hall–Kier alpha value is -2.72. The van der Waals surface area contributed by atoms with Crippen LogP contribution in [0.1, 0.15) is 0 Å². The van der Waals surface area contributed by atoms with Crippen molar-refractivity contribution in [2.75, 3.05) is 10.9 Å². The Labute approximate surface area is 102 Å². The van der Waals surface area contributed by atoms with Crippen LogP contribution in [0.25, 0.3) is 0 Å². The minimum absolute atomic E-state index is 0.571. The van der Waals surface area contributed by atoms with Gasteiger partial charge >= 0.3 is 12.1 Å². The van der Waals surface area contributed by atoms with Gasteiger partial charge in [0.2, 0.25) is 0 Å². The van der Waals surface area contributed by atoms with Gasteiger partial charge in [-0.2, -0.15) is 0 Å². The van der Waals surface area contributed by atoms with E-state index >= 15 is 0 Å². The normalized spacial score (nSPS) is 9.00. The van der Waals surface area contributed by atoms with Crippen molar-refractivity contribution >= 4 is 23.4 Å². The number of hydrogen-bond donors (Lipinski definition) is 8. The molecular weight excluding hydrogens is 240 g/mol. The van der Waals surface area contributed by atoms with E-state index in [4.69, 9.17) is 11.7 Å². The van der Waals surface area contributed by atoms with E-state index in [1.54, 1.807) is 24.3 Å². The predicted octanol–water partition coefficient (Wildman–Crippen LogP) is -1.31. The number of rotatable bonds is 4. The van der Waals surface area contributed by atoms with Gasteiger partial charge in [0.1, 0.15) is 0 Å². The number of carbonyl (C=O) groups is 2. The van der Waals surface area contributed by atoms with Crippen molar-refractivity contribution in [3.63, 3.8) is 0 Å². The molecule has 0 spiro atoms. The highest BCUT2D eigenvalue weighted by Crippen LogP contribution is 2.11. The molecule has 10 nitrogen and oxygen atoms in total. The highest BCUT2D eigenvalue weighted by Gasteiger charge is 1.98. The highest BCUT2D eigenvalue weighted by molar-refractivity contribution is 5.75. The zero-order valence-electron chi connectivity index (χ0n) is 9.28. The number of benzene rings is 1. The lowest BCUT2D eigenvalue weighted by Crippen LogP contribution is -2.42. The summed E-state index contributed by atoms with van der Waals surface area (Å²) in [5.74, 6) is 9.75. The van der Waals surface area contributed by atoms with Crippen LogP contribution in [-0.2, 0) is 0 Å². The molecule has 0 radical (unpaired) electrons. The Morgan fingerprint density at radius 3 is 1.39 bits per heavy atom. The summed E-state index contributed by atoms with van der Waals surface area (Å²) in [4.78, 5) is 21.5. The molecule has 0 bridgehead atoms. The number of hydrogen-bond acceptors (Lipinski definition) is 6. The minimum atomic E-state index is -0.571. The van der Waals surface area contributed by atoms with E-state index in [1.165, 1.54) is 0 Å². The molecule has 0 saturated carbocycles. The zero-order chi connectivity index (χ0) is 13.4. The molecule has 0 aromatic heterocycles. The van der Waals surface area contributed by atoms with E-state index in [9.17, 15) is 9.59 Å². The van der Waals surface area contributed by atoms with Gasteiger partial charge in [-0.15, -0.1) is 0 Å². The van der Waals surface area contributed by atoms with Crippen LogP contribution in [0.15, 0.2) is 24.3 Å². The van der Waals surface area contributed by atoms with Gasteiger partial charge in [-0.3, -0.25) is 32.6 Å². The van der Waals surface area contributed by atoms with Crippen LogP contribution in [-0.4, -0.2) is 12.1 Å². The maximum atomic E-state index is 10.8. The van der Waals surface area contributed by atoms with Gasteiger partial charge < -0.3 is 0 Å². The van der Waals surface area contributed by atoms with Gasteiger partial charge in [0, 0.05) is 0 Å². The second-order valence-electron chi connectivity index (χ2n) is 3.02. The third kappa shape index (κ3) is 4.42. The molecule has 0 fully saturated rings. The summed E-state index contributed by atoms with van der Waals surface area (Å²) in [6.45, 7) is 0. The monoisotopic (exact) mass is 254 g/mol. The van der Waals surface area contributed by atoms with E-state index in [0.717, 1.165) is 0 Å². The summed E-state index contributed by atoms with van der Waals surface area (Å²) in [5, 5.41) is 0. The summed E-state index contributed by atoms with van der Waals surface area (Å²) < 4.78 is 0. The van der Waals surface area contributed by atoms with Crippen molar-refractivity contribution < 1.29 is 9.59 Å². The van der Waals surface area contributed by atoms with Gasteiger partial charge in [0.05, 0.1) is 11.4 Å². The van der Waals surface area contributed by atoms with Crippen molar-refractivity contribution in [3.05, 3.63) is 24.3 Å². The van der Waals surface area contributed by atoms with Crippen LogP contribution >= 0.6 is 0 Å². The maximum absolute atomic E-state index is 10.8. The lowest BCUT2D eigenvalue weighted by atomic mass is 10.3. The van der Waals surface area contributed by atoms with Gasteiger partial charge in [0.25, 0.3) is 0 Å². The molecule has 0 unspecified atom stereocenters. The summed E-state index contributed by atoms with van der Waals surface area (Å²) in [5.41, 5.74) is 14.8. The summed E-state index contributed by atoms with van der Waals surface area (Å²) in [7, 11) is 0. The third-order valence-corrected chi connectivity index (χ3v) is 1.79. The number of amides is 4. The Morgan fingerprint density at radius 2 is 1.11 bits per heavy atom. The van der Waals surface area contributed by atoms with E-state index in [0.29, 0.717) is 11.4 Å². The van der Waals surface area contributed by atoms with Crippen LogP contribution in [0.3, 0.4) is 0 Å². The van der Waals surface area contributed by atoms with Crippen LogP contribution < -0.4 is 44.2 Å². The molecule has 0 heterocycles. The first-order valence-electron chi connectivity index (χ1n) is 4.81. The summed E-state index contributed by atoms with van der Waals surface area (Å²) in [6.07, 6.45) is 0. The minimum Gasteiger partial charge on any atom is -0.297 e. The average Bonchev–Trinajstić information content (AvgIpc) is 2.43. The van der Waals surface area contributed by atoms with Crippen molar-refractivity contribution in [2.45, 2.75) is 0 Å². The first-order valence-corrected chi connectivity index (χ1v) is 4.81. The second-order valence-corrected chi connectivity index (χ2v) is 3.02. The maximum Gasteiger partial charge on any atom is 0.347 e. The first kappa shape index (κ1) is 13.3. The van der Waals surface area contributed by atoms with Gasteiger partial charge in [-0.25, -0.2) is 21.3 Å². The number of nitrogens with one attached hydrogen (secondary N) is 6. The molecule has 98 valence electrons. The topological polar surface area (TPSA) is 158 Å². The lowest BCUT2D eigenvalue weighted by molar-refractivity contribution is 0.242. The molecule has 0 aliphatic heterocycles. The van der Waals surface area contributed by atoms with E-state index in [1.807, 2.05) is 10.9 Å². The summed E-state index contributed by atoms with van der Waals surface area (Å²) in [6, 6.07) is 5.53. The fraction of sp³-hybridized carbons (Fsp3) is 0. The molecule has 1 rings (SSSR count). The Kier molecular flexibility index (Phi) is 5.02. The van der Waals surface area contributed by atoms with Crippen molar-refractivity contribution in [1.29, 1.82) is 0 Å². The fourth-order valence-electron chi connectivity index (χ4n) is 0.967. The van der Waals surface area contributed by atoms with Crippen molar-refractivity contribution in [3.8, 4) is 0 Å². The zero-order valence-corrected chi connectivity index (χ0v) is 9.28. The third-order valence-electron chi connectivity index (χ3n) is 1.79. The molecule has 1 aromatic rings.